The van der Waals surface area contributed by atoms with Gasteiger partial charge in [0.2, 0.25) is 17.6 Å². The summed E-state index contributed by atoms with van der Waals surface area (Å²) in [6.45, 7) is 0. The van der Waals surface area contributed by atoms with Crippen LogP contribution in [-0.4, -0.2) is 35.0 Å². The van der Waals surface area contributed by atoms with Crippen LogP contribution in [-0.2, 0) is 9.53 Å². The zero-order chi connectivity index (χ0) is 21.3. The number of carbonyl (C=O) groups is 2. The lowest BCUT2D eigenvalue weighted by atomic mass is 10.0. The van der Waals surface area contributed by atoms with Gasteiger partial charge < -0.3 is 25.5 Å². The number of amides is 1. The van der Waals surface area contributed by atoms with Crippen molar-refractivity contribution in [3.05, 3.63) is 42.0 Å². The van der Waals surface area contributed by atoms with E-state index in [-0.39, 0.29) is 29.5 Å². The van der Waals surface area contributed by atoms with Crippen LogP contribution in [0, 0.1) is 11.7 Å². The molecule has 30 heavy (non-hydrogen) atoms. The SMILES string of the molecule is COC(=O)c1cc2cc(Nc3ncc(F)c(NC4CCCC4C(N)=O)n3)ccc2o1. The van der Waals surface area contributed by atoms with Crippen molar-refractivity contribution >= 4 is 40.3 Å². The Morgan fingerprint density at radius 2 is 2.13 bits per heavy atom. The summed E-state index contributed by atoms with van der Waals surface area (Å²) in [6, 6.07) is 6.44. The molecular formula is C20H20FN5O4. The third kappa shape index (κ3) is 3.88. The number of hydrogen-bond acceptors (Lipinski definition) is 8. The molecule has 2 heterocycles. The zero-order valence-electron chi connectivity index (χ0n) is 16.1. The topological polar surface area (TPSA) is 132 Å². The molecule has 2 unspecified atom stereocenters. The van der Waals surface area contributed by atoms with Gasteiger partial charge in [-0.05, 0) is 37.1 Å². The van der Waals surface area contributed by atoms with Gasteiger partial charge in [-0.15, -0.1) is 0 Å². The molecule has 0 aliphatic heterocycles. The maximum Gasteiger partial charge on any atom is 0.373 e. The van der Waals surface area contributed by atoms with Crippen molar-refractivity contribution in [2.24, 2.45) is 11.7 Å². The summed E-state index contributed by atoms with van der Waals surface area (Å²) in [7, 11) is 1.28. The lowest BCUT2D eigenvalue weighted by molar-refractivity contribution is -0.121. The molecule has 3 aromatic rings. The zero-order valence-corrected chi connectivity index (χ0v) is 16.1. The van der Waals surface area contributed by atoms with E-state index in [1.165, 1.54) is 7.11 Å². The van der Waals surface area contributed by atoms with Gasteiger partial charge in [0.25, 0.3) is 0 Å². The van der Waals surface area contributed by atoms with Crippen LogP contribution in [0.25, 0.3) is 11.0 Å². The smallest absolute Gasteiger partial charge is 0.373 e. The molecule has 1 aliphatic rings. The molecule has 0 saturated heterocycles. The monoisotopic (exact) mass is 413 g/mol. The summed E-state index contributed by atoms with van der Waals surface area (Å²) in [4.78, 5) is 31.3. The van der Waals surface area contributed by atoms with E-state index in [1.54, 1.807) is 24.3 Å². The van der Waals surface area contributed by atoms with E-state index in [9.17, 15) is 14.0 Å². The molecule has 4 rings (SSSR count). The Kier molecular flexibility index (Phi) is 5.21. The van der Waals surface area contributed by atoms with Crippen molar-refractivity contribution in [3.63, 3.8) is 0 Å². The molecule has 0 spiro atoms. The predicted octanol–water partition coefficient (Wildman–Crippen LogP) is 2.96. The minimum Gasteiger partial charge on any atom is -0.463 e. The Morgan fingerprint density at radius 1 is 1.30 bits per heavy atom. The average molecular weight is 413 g/mol. The van der Waals surface area contributed by atoms with Crippen molar-refractivity contribution in [1.29, 1.82) is 0 Å². The summed E-state index contributed by atoms with van der Waals surface area (Å²) in [5.74, 6) is -1.69. The maximum absolute atomic E-state index is 14.2. The summed E-state index contributed by atoms with van der Waals surface area (Å²) >= 11 is 0. The number of esters is 1. The minimum atomic E-state index is -0.622. The number of anilines is 3. The lowest BCUT2D eigenvalue weighted by Gasteiger charge is -2.19. The summed E-state index contributed by atoms with van der Waals surface area (Å²) < 4.78 is 24.3. The summed E-state index contributed by atoms with van der Waals surface area (Å²) in [5.41, 5.74) is 6.57. The number of halogens is 1. The van der Waals surface area contributed by atoms with Crippen LogP contribution in [0.2, 0.25) is 0 Å². The molecule has 2 aromatic heterocycles. The number of nitrogens with one attached hydrogen (secondary N) is 2. The third-order valence-corrected chi connectivity index (χ3v) is 5.11. The number of rotatable bonds is 6. The van der Waals surface area contributed by atoms with E-state index >= 15 is 0 Å². The average Bonchev–Trinajstić information content (AvgIpc) is 3.36. The first kappa shape index (κ1) is 19.6. The lowest BCUT2D eigenvalue weighted by Crippen LogP contribution is -2.34. The van der Waals surface area contributed by atoms with E-state index < -0.39 is 17.7 Å². The number of ether oxygens (including phenoxy) is 1. The Labute approximate surface area is 170 Å². The van der Waals surface area contributed by atoms with E-state index in [0.717, 1.165) is 12.6 Å². The van der Waals surface area contributed by atoms with E-state index in [1.807, 2.05) is 0 Å². The fourth-order valence-electron chi connectivity index (χ4n) is 3.63. The second-order valence-electron chi connectivity index (χ2n) is 7.06. The maximum atomic E-state index is 14.2. The fraction of sp³-hybridized carbons (Fsp3) is 0.300. The van der Waals surface area contributed by atoms with Gasteiger partial charge in [0.1, 0.15) is 5.58 Å². The molecule has 10 heteroatoms. The minimum absolute atomic E-state index is 0.00279. The van der Waals surface area contributed by atoms with Gasteiger partial charge in [0, 0.05) is 17.1 Å². The van der Waals surface area contributed by atoms with Gasteiger partial charge in [-0.1, -0.05) is 6.42 Å². The van der Waals surface area contributed by atoms with Gasteiger partial charge in [0.05, 0.1) is 19.2 Å². The Bertz CT molecular complexity index is 1120. The normalized spacial score (nSPS) is 18.3. The molecule has 1 saturated carbocycles. The number of benzene rings is 1. The predicted molar refractivity (Wildman–Crippen MR) is 107 cm³/mol. The van der Waals surface area contributed by atoms with Crippen molar-refractivity contribution in [3.8, 4) is 0 Å². The molecular weight excluding hydrogens is 393 g/mol. The van der Waals surface area contributed by atoms with Crippen LogP contribution in [0.15, 0.2) is 34.9 Å². The van der Waals surface area contributed by atoms with Crippen molar-refractivity contribution in [2.75, 3.05) is 17.7 Å². The highest BCUT2D eigenvalue weighted by Crippen LogP contribution is 2.29. The number of primary amides is 1. The van der Waals surface area contributed by atoms with Gasteiger partial charge >= 0.3 is 5.97 Å². The Hall–Kier alpha value is -3.69. The van der Waals surface area contributed by atoms with E-state index in [4.69, 9.17) is 10.2 Å². The fourth-order valence-corrected chi connectivity index (χ4v) is 3.63. The summed E-state index contributed by atoms with van der Waals surface area (Å²) in [5, 5.41) is 6.66. The Morgan fingerprint density at radius 3 is 2.90 bits per heavy atom. The van der Waals surface area contributed by atoms with Crippen molar-refractivity contribution in [1.82, 2.24) is 9.97 Å². The van der Waals surface area contributed by atoms with Gasteiger partial charge in [-0.2, -0.15) is 4.98 Å². The van der Waals surface area contributed by atoms with Gasteiger partial charge in [0.15, 0.2) is 11.6 Å². The largest absolute Gasteiger partial charge is 0.463 e. The molecule has 156 valence electrons. The van der Waals surface area contributed by atoms with Crippen LogP contribution in [0.1, 0.15) is 29.8 Å². The highest BCUT2D eigenvalue weighted by molar-refractivity contribution is 5.93. The number of furan rings is 1. The molecule has 0 radical (unpaired) electrons. The highest BCUT2D eigenvalue weighted by Gasteiger charge is 2.32. The highest BCUT2D eigenvalue weighted by atomic mass is 19.1. The van der Waals surface area contributed by atoms with Crippen LogP contribution in [0.5, 0.6) is 0 Å². The van der Waals surface area contributed by atoms with Crippen LogP contribution < -0.4 is 16.4 Å². The molecule has 1 amide bonds. The number of methoxy groups -OCH3 is 1. The summed E-state index contributed by atoms with van der Waals surface area (Å²) in [6.07, 6.45) is 3.27. The third-order valence-electron chi connectivity index (χ3n) is 5.11. The van der Waals surface area contributed by atoms with Crippen molar-refractivity contribution < 1.29 is 23.1 Å². The second-order valence-corrected chi connectivity index (χ2v) is 7.06. The number of fused-ring (bicyclic) bond motifs is 1. The van der Waals surface area contributed by atoms with Crippen LogP contribution in [0.3, 0.4) is 0 Å². The van der Waals surface area contributed by atoms with Gasteiger partial charge in [-0.25, -0.2) is 14.2 Å². The quantitative estimate of drug-likeness (QED) is 0.526. The van der Waals surface area contributed by atoms with E-state index in [0.29, 0.717) is 29.5 Å². The van der Waals surface area contributed by atoms with Crippen LogP contribution in [0.4, 0.5) is 21.8 Å². The molecule has 2 atom stereocenters. The Balaban J connectivity index is 1.54. The first-order valence-electron chi connectivity index (χ1n) is 9.42. The van der Waals surface area contributed by atoms with E-state index in [2.05, 4.69) is 25.3 Å². The number of carbonyl (C=O) groups excluding carboxylic acids is 2. The number of nitrogens with two attached hydrogens (primary N) is 1. The number of aromatic nitrogens is 2. The van der Waals surface area contributed by atoms with Crippen LogP contribution >= 0.6 is 0 Å². The first-order chi connectivity index (χ1) is 14.4. The molecule has 1 aliphatic carbocycles. The van der Waals surface area contributed by atoms with Crippen molar-refractivity contribution in [2.45, 2.75) is 25.3 Å². The molecule has 1 fully saturated rings. The molecule has 4 N–H and O–H groups in total. The number of hydrogen-bond donors (Lipinski definition) is 3. The molecule has 0 bridgehead atoms. The second kappa shape index (κ2) is 7.97. The van der Waals surface area contributed by atoms with Gasteiger partial charge in [-0.3, -0.25) is 4.79 Å². The molecule has 1 aromatic carbocycles. The molecule has 9 nitrogen and oxygen atoms in total. The number of nitrogens with zero attached hydrogens (tertiary/aromatic N) is 2. The first-order valence-corrected chi connectivity index (χ1v) is 9.42. The standard InChI is InChI=1S/C20H20FN5O4/c1-29-19(28)16-8-10-7-11(5-6-15(10)30-16)24-20-23-9-13(21)18(26-20)25-14-4-2-3-12(14)17(22)27/h5-9,12,14H,2-4H2,1H3,(H2,22,27)(H2,23,24,25,26).